The van der Waals surface area contributed by atoms with Crippen LogP contribution in [0.4, 0.5) is 0 Å². The second kappa shape index (κ2) is 11.7. The highest BCUT2D eigenvalue weighted by molar-refractivity contribution is 9.10. The van der Waals surface area contributed by atoms with Crippen molar-refractivity contribution in [2.75, 3.05) is 32.8 Å². The van der Waals surface area contributed by atoms with Crippen LogP contribution < -0.4 is 14.8 Å². The molecule has 0 spiro atoms. The van der Waals surface area contributed by atoms with Crippen molar-refractivity contribution in [1.82, 2.24) is 10.2 Å². The van der Waals surface area contributed by atoms with E-state index in [1.165, 1.54) is 5.56 Å². The summed E-state index contributed by atoms with van der Waals surface area (Å²) in [5.41, 5.74) is 1.20. The summed E-state index contributed by atoms with van der Waals surface area (Å²) in [6.07, 6.45) is 1.28. The zero-order valence-electron chi connectivity index (χ0n) is 15.8. The first kappa shape index (κ1) is 21.3. The lowest BCUT2D eigenvalue weighted by Crippen LogP contribution is -2.27. The molecule has 0 fully saturated rings. The van der Waals surface area contributed by atoms with E-state index in [0.29, 0.717) is 6.61 Å². The Kier molecular flexibility index (Phi) is 10.4. The van der Waals surface area contributed by atoms with Crippen molar-refractivity contribution in [3.05, 3.63) is 22.2 Å². The second-order valence-corrected chi connectivity index (χ2v) is 6.92. The highest BCUT2D eigenvalue weighted by Gasteiger charge is 2.13. The summed E-state index contributed by atoms with van der Waals surface area (Å²) in [4.78, 5) is 2.45. The molecule has 1 rings (SSSR count). The molecule has 1 N–H and O–H groups in total. The Morgan fingerprint density at radius 3 is 2.46 bits per heavy atom. The predicted molar refractivity (Wildman–Crippen MR) is 105 cm³/mol. The third-order valence-electron chi connectivity index (χ3n) is 3.77. The number of ether oxygens (including phenoxy) is 2. The van der Waals surface area contributed by atoms with Crippen LogP contribution in [0.3, 0.4) is 0 Å². The fraction of sp³-hybridized carbons (Fsp3) is 0.684. The average Bonchev–Trinajstić information content (AvgIpc) is 2.54. The Bertz CT molecular complexity index is 477. The summed E-state index contributed by atoms with van der Waals surface area (Å²) in [7, 11) is 0. The molecule has 24 heavy (non-hydrogen) atoms. The lowest BCUT2D eigenvalue weighted by Gasteiger charge is -2.18. The largest absolute Gasteiger partial charge is 0.490 e. The van der Waals surface area contributed by atoms with Crippen molar-refractivity contribution in [3.63, 3.8) is 0 Å². The Morgan fingerprint density at radius 2 is 1.88 bits per heavy atom. The number of hydrogen-bond acceptors (Lipinski definition) is 4. The summed E-state index contributed by atoms with van der Waals surface area (Å²) in [6.45, 7) is 16.3. The Balaban J connectivity index is 2.59. The maximum Gasteiger partial charge on any atom is 0.175 e. The van der Waals surface area contributed by atoms with E-state index >= 15 is 0 Å². The number of nitrogens with zero attached hydrogens (tertiary/aromatic N) is 1. The van der Waals surface area contributed by atoms with Crippen molar-refractivity contribution in [3.8, 4) is 11.5 Å². The summed E-state index contributed by atoms with van der Waals surface area (Å²) in [5.74, 6) is 1.60. The molecule has 1 aromatic rings. The second-order valence-electron chi connectivity index (χ2n) is 6.06. The normalized spacial score (nSPS) is 11.3. The van der Waals surface area contributed by atoms with E-state index < -0.39 is 0 Å². The van der Waals surface area contributed by atoms with Crippen molar-refractivity contribution < 1.29 is 9.47 Å². The van der Waals surface area contributed by atoms with Crippen LogP contribution in [0.25, 0.3) is 0 Å². The third kappa shape index (κ3) is 7.41. The van der Waals surface area contributed by atoms with Gasteiger partial charge >= 0.3 is 0 Å². The molecule has 138 valence electrons. The smallest absolute Gasteiger partial charge is 0.175 e. The van der Waals surface area contributed by atoms with E-state index in [9.17, 15) is 0 Å². The first-order valence-electron chi connectivity index (χ1n) is 9.06. The van der Waals surface area contributed by atoms with Crippen molar-refractivity contribution >= 4 is 15.9 Å². The minimum absolute atomic E-state index is 0.115. The Hall–Kier alpha value is -0.780. The Labute approximate surface area is 156 Å². The monoisotopic (exact) mass is 400 g/mol. The molecule has 0 aliphatic heterocycles. The molecule has 0 saturated heterocycles. The molecule has 0 atom stereocenters. The van der Waals surface area contributed by atoms with Crippen LogP contribution in [0.1, 0.15) is 46.6 Å². The van der Waals surface area contributed by atoms with Gasteiger partial charge in [-0.05, 0) is 87.0 Å². The number of benzene rings is 1. The van der Waals surface area contributed by atoms with Crippen molar-refractivity contribution in [1.29, 1.82) is 0 Å². The topological polar surface area (TPSA) is 33.7 Å². The molecule has 0 saturated carbocycles. The van der Waals surface area contributed by atoms with Crippen LogP contribution in [-0.2, 0) is 6.54 Å². The van der Waals surface area contributed by atoms with Crippen molar-refractivity contribution in [2.45, 2.75) is 53.7 Å². The maximum absolute atomic E-state index is 5.88. The van der Waals surface area contributed by atoms with Gasteiger partial charge in [-0.3, -0.25) is 0 Å². The summed E-state index contributed by atoms with van der Waals surface area (Å²) in [5, 5.41) is 3.52. The first-order valence-corrected chi connectivity index (χ1v) is 9.85. The lowest BCUT2D eigenvalue weighted by atomic mass is 10.2. The number of halogens is 1. The van der Waals surface area contributed by atoms with Gasteiger partial charge in [-0.1, -0.05) is 13.8 Å². The molecule has 0 unspecified atom stereocenters. The SMILES string of the molecule is CCOc1cc(CNCCCN(CC)CC)cc(Br)c1OC(C)C. The van der Waals surface area contributed by atoms with Crippen molar-refractivity contribution in [2.24, 2.45) is 0 Å². The van der Waals surface area contributed by atoms with E-state index in [-0.39, 0.29) is 6.10 Å². The zero-order valence-corrected chi connectivity index (χ0v) is 17.4. The van der Waals surface area contributed by atoms with E-state index in [1.807, 2.05) is 20.8 Å². The van der Waals surface area contributed by atoms with Gasteiger partial charge in [0.15, 0.2) is 11.5 Å². The fourth-order valence-electron chi connectivity index (χ4n) is 2.54. The lowest BCUT2D eigenvalue weighted by molar-refractivity contribution is 0.222. The highest BCUT2D eigenvalue weighted by atomic mass is 79.9. The van der Waals surface area contributed by atoms with E-state index in [0.717, 1.165) is 55.1 Å². The van der Waals surface area contributed by atoms with Gasteiger partial charge in [0.1, 0.15) is 0 Å². The van der Waals surface area contributed by atoms with Gasteiger partial charge in [0, 0.05) is 6.54 Å². The summed E-state index contributed by atoms with van der Waals surface area (Å²) >= 11 is 3.62. The summed E-state index contributed by atoms with van der Waals surface area (Å²) < 4.78 is 12.6. The van der Waals surface area contributed by atoms with Gasteiger partial charge in [-0.15, -0.1) is 0 Å². The first-order chi connectivity index (χ1) is 11.5. The van der Waals surface area contributed by atoms with Gasteiger partial charge in [0.2, 0.25) is 0 Å². The summed E-state index contributed by atoms with van der Waals surface area (Å²) in [6, 6.07) is 4.18. The third-order valence-corrected chi connectivity index (χ3v) is 4.36. The van der Waals surface area contributed by atoms with Gasteiger partial charge in [-0.25, -0.2) is 0 Å². The molecule has 1 aromatic carbocycles. The zero-order chi connectivity index (χ0) is 17.9. The van der Waals surface area contributed by atoms with E-state index in [1.54, 1.807) is 0 Å². The van der Waals surface area contributed by atoms with Crippen LogP contribution in [0.5, 0.6) is 11.5 Å². The number of rotatable bonds is 12. The average molecular weight is 401 g/mol. The number of nitrogens with one attached hydrogen (secondary N) is 1. The van der Waals surface area contributed by atoms with Gasteiger partial charge in [0.25, 0.3) is 0 Å². The standard InChI is InChI=1S/C19H33BrN2O2/c1-6-22(7-2)11-9-10-21-14-16-12-17(20)19(24-15(4)5)18(13-16)23-8-3/h12-13,15,21H,6-11,14H2,1-5H3. The predicted octanol–water partition coefficient (Wildman–Crippen LogP) is 4.46. The minimum atomic E-state index is 0.115. The molecule has 0 amide bonds. The molecule has 0 bridgehead atoms. The Morgan fingerprint density at radius 1 is 1.17 bits per heavy atom. The fourth-order valence-corrected chi connectivity index (χ4v) is 3.12. The molecule has 0 radical (unpaired) electrons. The quantitative estimate of drug-likeness (QED) is 0.525. The van der Waals surface area contributed by atoms with Crippen LogP contribution in [0.2, 0.25) is 0 Å². The molecule has 0 heterocycles. The molecular formula is C19H33BrN2O2. The molecule has 4 nitrogen and oxygen atoms in total. The van der Waals surface area contributed by atoms with Crippen LogP contribution in [-0.4, -0.2) is 43.8 Å². The minimum Gasteiger partial charge on any atom is -0.490 e. The van der Waals surface area contributed by atoms with Crippen LogP contribution >= 0.6 is 15.9 Å². The van der Waals surface area contributed by atoms with Crippen LogP contribution in [0.15, 0.2) is 16.6 Å². The maximum atomic E-state index is 5.88. The molecule has 5 heteroatoms. The number of hydrogen-bond donors (Lipinski definition) is 1. The molecule has 0 aliphatic carbocycles. The van der Waals surface area contributed by atoms with Crippen LogP contribution in [0, 0.1) is 0 Å². The van der Waals surface area contributed by atoms with E-state index in [4.69, 9.17) is 9.47 Å². The van der Waals surface area contributed by atoms with Gasteiger partial charge in [-0.2, -0.15) is 0 Å². The van der Waals surface area contributed by atoms with E-state index in [2.05, 4.69) is 52.1 Å². The molecular weight excluding hydrogens is 368 g/mol. The molecule has 0 aliphatic rings. The molecule has 0 aromatic heterocycles. The highest BCUT2D eigenvalue weighted by Crippen LogP contribution is 2.37. The van der Waals surface area contributed by atoms with Gasteiger partial charge in [0.05, 0.1) is 17.2 Å². The van der Waals surface area contributed by atoms with Gasteiger partial charge < -0.3 is 19.7 Å².